The smallest absolute Gasteiger partial charge is 0.326 e. The van der Waals surface area contributed by atoms with E-state index in [2.05, 4.69) is 10.6 Å². The second-order valence-corrected chi connectivity index (χ2v) is 5.51. The molecule has 0 aromatic carbocycles. The third-order valence-corrected chi connectivity index (χ3v) is 3.46. The molecule has 0 aliphatic rings. The summed E-state index contributed by atoms with van der Waals surface area (Å²) in [5.41, 5.74) is 0. The summed E-state index contributed by atoms with van der Waals surface area (Å²) < 4.78 is 0.654. The first-order valence-electron chi connectivity index (χ1n) is 5.54. The van der Waals surface area contributed by atoms with Crippen molar-refractivity contribution in [2.24, 2.45) is 0 Å². The Morgan fingerprint density at radius 1 is 1.50 bits per heavy atom. The Morgan fingerprint density at radius 3 is 2.72 bits per heavy atom. The minimum Gasteiger partial charge on any atom is -0.480 e. The zero-order chi connectivity index (χ0) is 13.5. The van der Waals surface area contributed by atoms with Crippen LogP contribution in [0.4, 0.5) is 4.79 Å². The molecular formula is C11H15ClN2O3S. The van der Waals surface area contributed by atoms with Crippen molar-refractivity contribution >= 4 is 34.9 Å². The van der Waals surface area contributed by atoms with Gasteiger partial charge in [0.05, 0.1) is 10.9 Å². The minimum absolute atomic E-state index is 0.335. The number of carboxylic acids is 1. The molecule has 0 saturated heterocycles. The van der Waals surface area contributed by atoms with Gasteiger partial charge in [0.25, 0.3) is 0 Å². The van der Waals surface area contributed by atoms with Crippen molar-refractivity contribution in [3.8, 4) is 0 Å². The summed E-state index contributed by atoms with van der Waals surface area (Å²) in [5.74, 6) is -1.02. The first-order valence-corrected chi connectivity index (χ1v) is 6.73. The number of rotatable bonds is 6. The normalized spacial score (nSPS) is 11.9. The van der Waals surface area contributed by atoms with Gasteiger partial charge in [-0.05, 0) is 18.6 Å². The molecule has 0 aliphatic heterocycles. The molecule has 1 heterocycles. The van der Waals surface area contributed by atoms with Crippen LogP contribution >= 0.6 is 22.9 Å². The summed E-state index contributed by atoms with van der Waals surface area (Å²) in [6.45, 7) is 2.20. The summed E-state index contributed by atoms with van der Waals surface area (Å²) in [6.07, 6.45) is 1.10. The number of carbonyl (C=O) groups is 2. The van der Waals surface area contributed by atoms with Gasteiger partial charge in [0.1, 0.15) is 6.04 Å². The maximum atomic E-state index is 11.5. The molecule has 1 aromatic heterocycles. The van der Waals surface area contributed by atoms with E-state index in [1.165, 1.54) is 11.3 Å². The molecule has 0 unspecified atom stereocenters. The fraction of sp³-hybridized carbons (Fsp3) is 0.455. The standard InChI is InChI=1S/C11H15ClN2O3S/c1-2-3-8(10(15)16)14-11(17)13-6-7-4-5-9(12)18-7/h4-5,8H,2-3,6H2,1H3,(H,15,16)(H2,13,14,17)/t8-/m1/s1. The van der Waals surface area contributed by atoms with E-state index >= 15 is 0 Å². The largest absolute Gasteiger partial charge is 0.480 e. The molecule has 0 saturated carbocycles. The molecular weight excluding hydrogens is 276 g/mol. The van der Waals surface area contributed by atoms with Gasteiger partial charge in [-0.25, -0.2) is 9.59 Å². The van der Waals surface area contributed by atoms with Gasteiger partial charge < -0.3 is 15.7 Å². The molecule has 5 nitrogen and oxygen atoms in total. The molecule has 1 aromatic rings. The predicted octanol–water partition coefficient (Wildman–Crippen LogP) is 2.45. The van der Waals surface area contributed by atoms with Crippen molar-refractivity contribution in [1.29, 1.82) is 0 Å². The number of thiophene rings is 1. The summed E-state index contributed by atoms with van der Waals surface area (Å²) in [5, 5.41) is 13.9. The van der Waals surface area contributed by atoms with Crippen LogP contribution in [0.5, 0.6) is 0 Å². The average Bonchev–Trinajstić information content (AvgIpc) is 2.72. The molecule has 0 fully saturated rings. The molecule has 0 aliphatic carbocycles. The summed E-state index contributed by atoms with van der Waals surface area (Å²) in [4.78, 5) is 23.3. The Hall–Kier alpha value is -1.27. The number of aliphatic carboxylic acids is 1. The van der Waals surface area contributed by atoms with E-state index in [1.807, 2.05) is 13.0 Å². The van der Waals surface area contributed by atoms with Crippen LogP contribution in [-0.4, -0.2) is 23.1 Å². The maximum absolute atomic E-state index is 11.5. The number of hydrogen-bond donors (Lipinski definition) is 3. The Balaban J connectivity index is 2.38. The van der Waals surface area contributed by atoms with Gasteiger partial charge in [0.2, 0.25) is 0 Å². The summed E-state index contributed by atoms with van der Waals surface area (Å²) in [6, 6.07) is 2.23. The minimum atomic E-state index is -1.02. The van der Waals surface area contributed by atoms with Crippen LogP contribution in [0.15, 0.2) is 12.1 Å². The van der Waals surface area contributed by atoms with Crippen molar-refractivity contribution in [2.75, 3.05) is 0 Å². The highest BCUT2D eigenvalue weighted by Crippen LogP contribution is 2.20. The number of hydrogen-bond acceptors (Lipinski definition) is 3. The van der Waals surface area contributed by atoms with Gasteiger partial charge in [0, 0.05) is 4.88 Å². The summed E-state index contributed by atoms with van der Waals surface area (Å²) in [7, 11) is 0. The van der Waals surface area contributed by atoms with E-state index in [1.54, 1.807) is 6.07 Å². The third kappa shape index (κ3) is 4.93. The van der Waals surface area contributed by atoms with Gasteiger partial charge in [-0.15, -0.1) is 11.3 Å². The average molecular weight is 291 g/mol. The van der Waals surface area contributed by atoms with Crippen molar-refractivity contribution < 1.29 is 14.7 Å². The van der Waals surface area contributed by atoms with Crippen LogP contribution in [0.25, 0.3) is 0 Å². The number of carbonyl (C=O) groups excluding carboxylic acids is 1. The Morgan fingerprint density at radius 2 is 2.22 bits per heavy atom. The number of urea groups is 1. The van der Waals surface area contributed by atoms with Crippen molar-refractivity contribution in [3.63, 3.8) is 0 Å². The van der Waals surface area contributed by atoms with E-state index in [0.717, 1.165) is 4.88 Å². The van der Waals surface area contributed by atoms with Crippen LogP contribution in [0.1, 0.15) is 24.6 Å². The predicted molar refractivity (Wildman–Crippen MR) is 71.0 cm³/mol. The van der Waals surface area contributed by atoms with Crippen LogP contribution in [0.2, 0.25) is 4.34 Å². The summed E-state index contributed by atoms with van der Waals surface area (Å²) >= 11 is 7.13. The van der Waals surface area contributed by atoms with Gasteiger partial charge >= 0.3 is 12.0 Å². The molecule has 3 N–H and O–H groups in total. The maximum Gasteiger partial charge on any atom is 0.326 e. The van der Waals surface area contributed by atoms with Gasteiger partial charge in [-0.2, -0.15) is 0 Å². The van der Waals surface area contributed by atoms with Crippen LogP contribution in [-0.2, 0) is 11.3 Å². The number of amides is 2. The lowest BCUT2D eigenvalue weighted by molar-refractivity contribution is -0.139. The van der Waals surface area contributed by atoms with E-state index in [-0.39, 0.29) is 0 Å². The molecule has 0 bridgehead atoms. The van der Waals surface area contributed by atoms with Crippen LogP contribution < -0.4 is 10.6 Å². The first-order chi connectivity index (χ1) is 8.52. The molecule has 0 radical (unpaired) electrons. The van der Waals surface area contributed by atoms with E-state index in [9.17, 15) is 9.59 Å². The highest BCUT2D eigenvalue weighted by Gasteiger charge is 2.18. The molecule has 1 atom stereocenters. The zero-order valence-corrected chi connectivity index (χ0v) is 11.5. The number of halogens is 1. The zero-order valence-electron chi connectivity index (χ0n) is 9.90. The second-order valence-electron chi connectivity index (χ2n) is 3.71. The molecule has 100 valence electrons. The van der Waals surface area contributed by atoms with E-state index < -0.39 is 18.0 Å². The van der Waals surface area contributed by atoms with Crippen LogP contribution in [0, 0.1) is 0 Å². The highest BCUT2D eigenvalue weighted by molar-refractivity contribution is 7.16. The molecule has 2 amide bonds. The SMILES string of the molecule is CCC[C@@H](NC(=O)NCc1ccc(Cl)s1)C(=O)O. The van der Waals surface area contributed by atoms with E-state index in [4.69, 9.17) is 16.7 Å². The lowest BCUT2D eigenvalue weighted by Crippen LogP contribution is -2.45. The monoisotopic (exact) mass is 290 g/mol. The van der Waals surface area contributed by atoms with E-state index in [0.29, 0.717) is 23.7 Å². The van der Waals surface area contributed by atoms with Gasteiger partial charge in [-0.1, -0.05) is 24.9 Å². The molecule has 0 spiro atoms. The number of carboxylic acid groups (broad SMARTS) is 1. The van der Waals surface area contributed by atoms with Crippen molar-refractivity contribution in [3.05, 3.63) is 21.3 Å². The fourth-order valence-electron chi connectivity index (χ4n) is 1.37. The molecule has 7 heteroatoms. The van der Waals surface area contributed by atoms with Crippen LogP contribution in [0.3, 0.4) is 0 Å². The fourth-order valence-corrected chi connectivity index (χ4v) is 2.40. The Labute approximate surface area is 114 Å². The van der Waals surface area contributed by atoms with Gasteiger partial charge in [0.15, 0.2) is 0 Å². The Bertz CT molecular complexity index is 422. The lowest BCUT2D eigenvalue weighted by atomic mass is 10.2. The quantitative estimate of drug-likeness (QED) is 0.753. The first kappa shape index (κ1) is 14.8. The topological polar surface area (TPSA) is 78.4 Å². The second kappa shape index (κ2) is 7.23. The highest BCUT2D eigenvalue weighted by atomic mass is 35.5. The van der Waals surface area contributed by atoms with Crippen molar-refractivity contribution in [2.45, 2.75) is 32.4 Å². The molecule has 1 rings (SSSR count). The Kier molecular flexibility index (Phi) is 5.94. The molecule has 18 heavy (non-hydrogen) atoms. The van der Waals surface area contributed by atoms with Crippen molar-refractivity contribution in [1.82, 2.24) is 10.6 Å². The third-order valence-electron chi connectivity index (χ3n) is 2.23. The lowest BCUT2D eigenvalue weighted by Gasteiger charge is -2.13. The van der Waals surface area contributed by atoms with Gasteiger partial charge in [-0.3, -0.25) is 0 Å². The number of nitrogens with one attached hydrogen (secondary N) is 2.